The number of rotatable bonds is 10. The first kappa shape index (κ1) is 39.8. The average Bonchev–Trinajstić information content (AvgIpc) is 3.23. The van der Waals surface area contributed by atoms with Gasteiger partial charge in [-0.3, -0.25) is 29.4 Å². The number of imide groups is 1. The van der Waals surface area contributed by atoms with Crippen molar-refractivity contribution in [2.24, 2.45) is 5.92 Å². The molecule has 8 rings (SSSR count). The Balaban J connectivity index is 0.754. The summed E-state index contributed by atoms with van der Waals surface area (Å²) >= 11 is 0. The number of likely N-dealkylation sites (tertiary alicyclic amines) is 1. The normalized spacial score (nSPS) is 26.2. The van der Waals surface area contributed by atoms with Crippen LogP contribution in [0.1, 0.15) is 108 Å². The molecular weight excluding hydrogens is 745 g/mol. The van der Waals surface area contributed by atoms with Crippen LogP contribution in [0.15, 0.2) is 42.6 Å². The van der Waals surface area contributed by atoms with Crippen molar-refractivity contribution >= 4 is 41.1 Å². The summed E-state index contributed by atoms with van der Waals surface area (Å²) in [5.41, 5.74) is 1.68. The van der Waals surface area contributed by atoms with Gasteiger partial charge >= 0.3 is 0 Å². The van der Waals surface area contributed by atoms with Crippen molar-refractivity contribution in [2.75, 3.05) is 35.2 Å². The third kappa shape index (κ3) is 9.29. The molecule has 2 saturated carbocycles. The number of halogens is 2. The SMILES string of the molecule is O=C1CCC(Nc2ccc(C3CCN([C@H]4CC[C@H](NC(=O)[C@H]5CC[C@H](Nc6ncc(F)c(-c7cccc(N8CCCCC8=O)n7)n6)CC5)CC4)CC3)c(F)c2)C(=O)N1. The van der Waals surface area contributed by atoms with E-state index < -0.39 is 11.9 Å². The second kappa shape index (κ2) is 17.8. The minimum atomic E-state index is -0.585. The predicted octanol–water partition coefficient (Wildman–Crippen LogP) is 5.83. The third-order valence-corrected chi connectivity index (χ3v) is 12.9. The number of nitrogens with zero attached hydrogens (tertiary/aromatic N) is 5. The van der Waals surface area contributed by atoms with Crippen molar-refractivity contribution in [3.8, 4) is 11.4 Å². The number of anilines is 3. The molecule has 3 aromatic rings. The maximum atomic E-state index is 15.3. The second-order valence-electron chi connectivity index (χ2n) is 16.7. The lowest BCUT2D eigenvalue weighted by atomic mass is 9.83. The fourth-order valence-electron chi connectivity index (χ4n) is 9.51. The summed E-state index contributed by atoms with van der Waals surface area (Å²) in [6, 6.07) is 10.5. The van der Waals surface area contributed by atoms with Gasteiger partial charge in [-0.25, -0.2) is 23.7 Å². The predicted molar refractivity (Wildman–Crippen MR) is 215 cm³/mol. The zero-order chi connectivity index (χ0) is 40.2. The van der Waals surface area contributed by atoms with E-state index in [1.54, 1.807) is 23.1 Å². The highest BCUT2D eigenvalue weighted by molar-refractivity contribution is 6.01. The van der Waals surface area contributed by atoms with Gasteiger partial charge in [-0.15, -0.1) is 0 Å². The second-order valence-corrected chi connectivity index (χ2v) is 16.7. The summed E-state index contributed by atoms with van der Waals surface area (Å²) in [6.45, 7) is 2.42. The van der Waals surface area contributed by atoms with Crippen LogP contribution >= 0.6 is 0 Å². The third-order valence-electron chi connectivity index (χ3n) is 12.9. The highest BCUT2D eigenvalue weighted by Gasteiger charge is 2.33. The molecule has 4 amide bonds. The number of aromatic nitrogens is 3. The average molecular weight is 798 g/mol. The molecule has 15 heteroatoms. The van der Waals surface area contributed by atoms with Crippen LogP contribution in [0.4, 0.5) is 26.2 Å². The molecule has 13 nitrogen and oxygen atoms in total. The van der Waals surface area contributed by atoms with Crippen LogP contribution < -0.4 is 26.2 Å². The van der Waals surface area contributed by atoms with Crippen molar-refractivity contribution in [1.29, 1.82) is 0 Å². The molecule has 0 bridgehead atoms. The highest BCUT2D eigenvalue weighted by Crippen LogP contribution is 2.35. The van der Waals surface area contributed by atoms with E-state index in [0.717, 1.165) is 96.3 Å². The Morgan fingerprint density at radius 1 is 0.776 bits per heavy atom. The van der Waals surface area contributed by atoms with Crippen LogP contribution in [0, 0.1) is 17.6 Å². The van der Waals surface area contributed by atoms with Crippen molar-refractivity contribution in [3.05, 3.63) is 59.8 Å². The van der Waals surface area contributed by atoms with E-state index in [9.17, 15) is 23.6 Å². The summed E-state index contributed by atoms with van der Waals surface area (Å²) in [5.74, 6) is -0.459. The lowest BCUT2D eigenvalue weighted by Crippen LogP contribution is -2.47. The maximum Gasteiger partial charge on any atom is 0.249 e. The minimum Gasteiger partial charge on any atom is -0.374 e. The van der Waals surface area contributed by atoms with Crippen molar-refractivity contribution < 1.29 is 28.0 Å². The van der Waals surface area contributed by atoms with E-state index >= 15 is 4.39 Å². The standard InChI is InChI=1S/C43H53F2N9O4/c44-33-24-30(47-36-17-18-38(55)51-42(36)58)13-16-32(33)26-19-22-53(23-20-26)31-14-11-28(12-15-31)48-41(57)27-7-9-29(10-8-27)49-43-46-25-34(45)40(52-43)35-4-3-5-37(50-35)54-21-2-1-6-39(54)56/h3-5,13,16,24-29,31,36,47H,1-2,6-12,14-15,17-23H2,(H,48,57)(H,46,49,52)(H,51,55,58)/t27-,28-,29-,31-,36?. The van der Waals surface area contributed by atoms with E-state index in [1.165, 1.54) is 6.07 Å². The fourth-order valence-corrected chi connectivity index (χ4v) is 9.51. The largest absolute Gasteiger partial charge is 0.374 e. The lowest BCUT2D eigenvalue weighted by Gasteiger charge is -2.41. The molecule has 5 aliphatic rings. The van der Waals surface area contributed by atoms with Gasteiger partial charge in [0.05, 0.1) is 11.9 Å². The summed E-state index contributed by atoms with van der Waals surface area (Å²) in [4.78, 5) is 66.8. The zero-order valence-corrected chi connectivity index (χ0v) is 32.9. The lowest BCUT2D eigenvalue weighted by molar-refractivity contribution is -0.133. The summed E-state index contributed by atoms with van der Waals surface area (Å²) in [5, 5.41) is 12.1. The van der Waals surface area contributed by atoms with Gasteiger partial charge in [-0.2, -0.15) is 0 Å². The Labute approximate surface area is 337 Å². The minimum absolute atomic E-state index is 0.0203. The summed E-state index contributed by atoms with van der Waals surface area (Å²) in [7, 11) is 0. The Hall–Kier alpha value is -5.05. The van der Waals surface area contributed by atoms with Gasteiger partial charge in [0.25, 0.3) is 0 Å². The van der Waals surface area contributed by atoms with Crippen molar-refractivity contribution in [3.63, 3.8) is 0 Å². The number of amides is 4. The van der Waals surface area contributed by atoms with Crippen LogP contribution in [0.2, 0.25) is 0 Å². The molecule has 5 heterocycles. The molecule has 308 valence electrons. The van der Waals surface area contributed by atoms with Crippen molar-refractivity contribution in [1.82, 2.24) is 30.5 Å². The van der Waals surface area contributed by atoms with E-state index in [1.807, 2.05) is 12.1 Å². The molecule has 1 unspecified atom stereocenters. The van der Waals surface area contributed by atoms with Gasteiger partial charge in [0.1, 0.15) is 23.4 Å². The molecule has 0 spiro atoms. The molecule has 4 N–H and O–H groups in total. The first-order valence-corrected chi connectivity index (χ1v) is 21.2. The number of carbonyl (C=O) groups excluding carboxylic acids is 4. The molecule has 1 atom stereocenters. The maximum absolute atomic E-state index is 15.3. The fraction of sp³-hybridized carbons (Fsp3) is 0.558. The van der Waals surface area contributed by atoms with Gasteiger partial charge in [-0.1, -0.05) is 12.1 Å². The summed E-state index contributed by atoms with van der Waals surface area (Å²) in [6.07, 6.45) is 12.8. The number of piperidine rings is 3. The molecule has 0 radical (unpaired) electrons. The van der Waals surface area contributed by atoms with Crippen LogP contribution in [0.25, 0.3) is 11.4 Å². The molecule has 3 saturated heterocycles. The molecule has 2 aliphatic carbocycles. The number of nitrogens with one attached hydrogen (secondary N) is 4. The van der Waals surface area contributed by atoms with Gasteiger partial charge < -0.3 is 20.9 Å². The number of carbonyl (C=O) groups is 4. The molecule has 58 heavy (non-hydrogen) atoms. The number of pyridine rings is 1. The Bertz CT molecular complexity index is 1990. The van der Waals surface area contributed by atoms with Gasteiger partial charge in [-0.05, 0) is 132 Å². The smallest absolute Gasteiger partial charge is 0.249 e. The van der Waals surface area contributed by atoms with Crippen LogP contribution in [-0.4, -0.2) is 87.3 Å². The molecule has 1 aromatic carbocycles. The highest BCUT2D eigenvalue weighted by atomic mass is 19.1. The van der Waals surface area contributed by atoms with Crippen LogP contribution in [0.5, 0.6) is 0 Å². The molecule has 5 fully saturated rings. The van der Waals surface area contributed by atoms with Crippen molar-refractivity contribution in [2.45, 2.75) is 126 Å². The Kier molecular flexibility index (Phi) is 12.2. The van der Waals surface area contributed by atoms with E-state index in [-0.39, 0.29) is 65.5 Å². The zero-order valence-electron chi connectivity index (χ0n) is 32.9. The Morgan fingerprint density at radius 3 is 2.29 bits per heavy atom. The number of benzene rings is 1. The van der Waals surface area contributed by atoms with Crippen LogP contribution in [0.3, 0.4) is 0 Å². The van der Waals surface area contributed by atoms with E-state index in [4.69, 9.17) is 0 Å². The van der Waals surface area contributed by atoms with E-state index in [2.05, 4.69) is 41.1 Å². The van der Waals surface area contributed by atoms with E-state index in [0.29, 0.717) is 54.1 Å². The first-order chi connectivity index (χ1) is 28.2. The quantitative estimate of drug-likeness (QED) is 0.184. The molecule has 2 aromatic heterocycles. The van der Waals surface area contributed by atoms with Gasteiger partial charge in [0.2, 0.25) is 29.6 Å². The van der Waals surface area contributed by atoms with Gasteiger partial charge in [0.15, 0.2) is 5.82 Å². The van der Waals surface area contributed by atoms with Crippen LogP contribution in [-0.2, 0) is 19.2 Å². The monoisotopic (exact) mass is 797 g/mol. The number of hydrogen-bond donors (Lipinski definition) is 4. The molecular formula is C43H53F2N9O4. The summed E-state index contributed by atoms with van der Waals surface area (Å²) < 4.78 is 30.2. The first-order valence-electron chi connectivity index (χ1n) is 21.2. The molecule has 3 aliphatic heterocycles. The van der Waals surface area contributed by atoms with Gasteiger partial charge in [0, 0.05) is 49.1 Å². The number of hydrogen-bond acceptors (Lipinski definition) is 10. The Morgan fingerprint density at radius 2 is 1.55 bits per heavy atom. The topological polar surface area (TPSA) is 162 Å².